The minimum atomic E-state index is -0.0376. The lowest BCUT2D eigenvalue weighted by Crippen LogP contribution is -2.24. The number of rotatable bonds is 8. The summed E-state index contributed by atoms with van der Waals surface area (Å²) >= 11 is 0. The Hall–Kier alpha value is -2.57. The number of carbonyl (C=O) groups is 1. The molecule has 0 aliphatic carbocycles. The molecule has 0 spiro atoms. The molecular weight excluding hydrogens is 334 g/mol. The van der Waals surface area contributed by atoms with Gasteiger partial charge in [0.15, 0.2) is 17.3 Å². The number of carbonyl (C=O) groups excluding carboxylic acids is 1. The number of hydrogen-bond acceptors (Lipinski definition) is 6. The summed E-state index contributed by atoms with van der Waals surface area (Å²) in [4.78, 5) is 18.6. The average molecular weight is 359 g/mol. The number of hydrogen-bond donors (Lipinski definition) is 0. The Morgan fingerprint density at radius 3 is 2.65 bits per heavy atom. The van der Waals surface area contributed by atoms with Crippen LogP contribution in [0.15, 0.2) is 22.7 Å². The van der Waals surface area contributed by atoms with Crippen molar-refractivity contribution in [1.82, 2.24) is 15.0 Å². The van der Waals surface area contributed by atoms with Gasteiger partial charge >= 0.3 is 0 Å². The lowest BCUT2D eigenvalue weighted by Gasteiger charge is -2.18. The fourth-order valence-electron chi connectivity index (χ4n) is 3.08. The van der Waals surface area contributed by atoms with Crippen LogP contribution in [0, 0.1) is 0 Å². The van der Waals surface area contributed by atoms with E-state index >= 15 is 0 Å². The zero-order valence-electron chi connectivity index (χ0n) is 15.5. The van der Waals surface area contributed by atoms with E-state index in [4.69, 9.17) is 14.0 Å². The molecule has 0 bridgehead atoms. The Morgan fingerprint density at radius 1 is 1.19 bits per heavy atom. The van der Waals surface area contributed by atoms with Crippen LogP contribution in [0.4, 0.5) is 0 Å². The van der Waals surface area contributed by atoms with Gasteiger partial charge in [-0.25, -0.2) is 0 Å². The van der Waals surface area contributed by atoms with Crippen LogP contribution in [-0.4, -0.2) is 40.7 Å². The maximum Gasteiger partial charge on any atom is 0.232 e. The first kappa shape index (κ1) is 18.2. The molecule has 7 nitrogen and oxygen atoms in total. The van der Waals surface area contributed by atoms with Crippen LogP contribution in [0.3, 0.4) is 0 Å². The number of aryl methyl sites for hydroxylation is 1. The first-order chi connectivity index (χ1) is 12.6. The molecule has 7 heteroatoms. The third kappa shape index (κ3) is 3.98. The lowest BCUT2D eigenvalue weighted by molar-refractivity contribution is -0.128. The van der Waals surface area contributed by atoms with Gasteiger partial charge in [0.1, 0.15) is 0 Å². The molecule has 3 rings (SSSR count). The second-order valence-electron chi connectivity index (χ2n) is 6.22. The quantitative estimate of drug-likeness (QED) is 0.721. The Balaban J connectivity index is 1.70. The van der Waals surface area contributed by atoms with Crippen molar-refractivity contribution in [2.24, 2.45) is 0 Å². The van der Waals surface area contributed by atoms with Crippen molar-refractivity contribution in [3.63, 3.8) is 0 Å². The van der Waals surface area contributed by atoms with Gasteiger partial charge in [0.25, 0.3) is 0 Å². The summed E-state index contributed by atoms with van der Waals surface area (Å²) in [5.74, 6) is 2.72. The van der Waals surface area contributed by atoms with Gasteiger partial charge < -0.3 is 18.9 Å². The summed E-state index contributed by atoms with van der Waals surface area (Å²) < 4.78 is 16.6. The predicted octanol–water partition coefficient (Wildman–Crippen LogP) is 2.95. The molecule has 1 fully saturated rings. The number of benzene rings is 1. The molecule has 1 amide bonds. The van der Waals surface area contributed by atoms with Gasteiger partial charge in [-0.15, -0.1) is 0 Å². The molecule has 1 aliphatic rings. The van der Waals surface area contributed by atoms with Crippen LogP contribution in [0.2, 0.25) is 0 Å². The fourth-order valence-corrected chi connectivity index (χ4v) is 3.08. The third-order valence-corrected chi connectivity index (χ3v) is 4.35. The minimum Gasteiger partial charge on any atom is -0.490 e. The molecule has 140 valence electrons. The van der Waals surface area contributed by atoms with Crippen molar-refractivity contribution in [2.75, 3.05) is 19.8 Å². The van der Waals surface area contributed by atoms with Crippen LogP contribution in [0.25, 0.3) is 0 Å². The van der Waals surface area contributed by atoms with Crippen LogP contribution < -0.4 is 9.47 Å². The van der Waals surface area contributed by atoms with E-state index in [1.807, 2.05) is 43.9 Å². The van der Waals surface area contributed by atoms with Crippen LogP contribution in [0.1, 0.15) is 50.4 Å². The van der Waals surface area contributed by atoms with E-state index in [2.05, 4.69) is 10.1 Å². The Kier molecular flexibility index (Phi) is 5.75. The van der Waals surface area contributed by atoms with E-state index < -0.39 is 0 Å². The Bertz CT molecular complexity index is 759. The third-order valence-electron chi connectivity index (χ3n) is 4.35. The molecule has 1 aromatic carbocycles. The summed E-state index contributed by atoms with van der Waals surface area (Å²) in [5.41, 5.74) is 1.01. The molecular formula is C19H25N3O4. The molecule has 2 aromatic rings. The van der Waals surface area contributed by atoms with Crippen LogP contribution in [0.5, 0.6) is 11.5 Å². The number of aromatic nitrogens is 2. The smallest absolute Gasteiger partial charge is 0.232 e. The highest BCUT2D eigenvalue weighted by Gasteiger charge is 2.34. The molecule has 1 aliphatic heterocycles. The maximum atomic E-state index is 12.4. The lowest BCUT2D eigenvalue weighted by atomic mass is 10.1. The number of likely N-dealkylation sites (tertiary alicyclic amines) is 1. The molecule has 1 atom stereocenters. The van der Waals surface area contributed by atoms with E-state index in [9.17, 15) is 4.79 Å². The van der Waals surface area contributed by atoms with Crippen molar-refractivity contribution in [3.05, 3.63) is 35.5 Å². The summed E-state index contributed by atoms with van der Waals surface area (Å²) in [6, 6.07) is 5.81. The molecule has 1 unspecified atom stereocenters. The van der Waals surface area contributed by atoms with Gasteiger partial charge in [0.05, 0.1) is 19.1 Å². The topological polar surface area (TPSA) is 77.7 Å². The highest BCUT2D eigenvalue weighted by Crippen LogP contribution is 2.32. The van der Waals surface area contributed by atoms with Gasteiger partial charge in [-0.3, -0.25) is 4.79 Å². The van der Waals surface area contributed by atoms with Crippen LogP contribution in [-0.2, 0) is 17.8 Å². The Labute approximate surface area is 153 Å². The molecule has 0 saturated carbocycles. The standard InChI is InChI=1S/C19H25N3O4/c1-4-17-20-19(26-21-17)14-10-18(23)22(12-14)11-13-7-8-15(24-5-2)16(9-13)25-6-3/h7-9,14H,4-6,10-12H2,1-3H3. The van der Waals surface area contributed by atoms with Gasteiger partial charge in [-0.2, -0.15) is 4.98 Å². The zero-order valence-corrected chi connectivity index (χ0v) is 15.5. The van der Waals surface area contributed by atoms with Crippen molar-refractivity contribution in [2.45, 2.75) is 46.1 Å². The summed E-state index contributed by atoms with van der Waals surface area (Å²) in [6.07, 6.45) is 1.13. The van der Waals surface area contributed by atoms with E-state index in [1.165, 1.54) is 0 Å². The van der Waals surface area contributed by atoms with Crippen molar-refractivity contribution < 1.29 is 18.8 Å². The first-order valence-electron chi connectivity index (χ1n) is 9.13. The Morgan fingerprint density at radius 2 is 1.96 bits per heavy atom. The number of amides is 1. The summed E-state index contributed by atoms with van der Waals surface area (Å²) in [6.45, 7) is 8.10. The molecule has 2 heterocycles. The van der Waals surface area contributed by atoms with Gasteiger partial charge in [0, 0.05) is 25.9 Å². The van der Waals surface area contributed by atoms with E-state index in [0.29, 0.717) is 50.2 Å². The van der Waals surface area contributed by atoms with Crippen molar-refractivity contribution in [1.29, 1.82) is 0 Å². The minimum absolute atomic E-state index is 0.0376. The SMILES string of the molecule is CCOc1ccc(CN2CC(c3nc(CC)no3)CC2=O)cc1OCC. The normalized spacial score (nSPS) is 17.0. The summed E-state index contributed by atoms with van der Waals surface area (Å²) in [7, 11) is 0. The van der Waals surface area contributed by atoms with Crippen molar-refractivity contribution in [3.8, 4) is 11.5 Å². The van der Waals surface area contributed by atoms with E-state index in [-0.39, 0.29) is 11.8 Å². The molecule has 0 N–H and O–H groups in total. The van der Waals surface area contributed by atoms with E-state index in [0.717, 1.165) is 17.7 Å². The highest BCUT2D eigenvalue weighted by molar-refractivity contribution is 5.79. The molecule has 26 heavy (non-hydrogen) atoms. The second kappa shape index (κ2) is 8.21. The predicted molar refractivity (Wildman–Crippen MR) is 95.2 cm³/mol. The molecule has 1 aromatic heterocycles. The largest absolute Gasteiger partial charge is 0.490 e. The molecule has 1 saturated heterocycles. The van der Waals surface area contributed by atoms with Gasteiger partial charge in [-0.1, -0.05) is 18.1 Å². The van der Waals surface area contributed by atoms with Crippen molar-refractivity contribution >= 4 is 5.91 Å². The monoisotopic (exact) mass is 359 g/mol. The molecule has 0 radical (unpaired) electrons. The number of nitrogens with zero attached hydrogens (tertiary/aromatic N) is 3. The van der Waals surface area contributed by atoms with Gasteiger partial charge in [-0.05, 0) is 31.5 Å². The maximum absolute atomic E-state index is 12.4. The average Bonchev–Trinajstić information content (AvgIpc) is 3.25. The fraction of sp³-hybridized carbons (Fsp3) is 0.526. The number of ether oxygens (including phenoxy) is 2. The van der Waals surface area contributed by atoms with E-state index in [1.54, 1.807) is 0 Å². The summed E-state index contributed by atoms with van der Waals surface area (Å²) in [5, 5.41) is 3.93. The van der Waals surface area contributed by atoms with Crippen LogP contribution >= 0.6 is 0 Å². The van der Waals surface area contributed by atoms with Gasteiger partial charge in [0.2, 0.25) is 11.8 Å². The first-order valence-corrected chi connectivity index (χ1v) is 9.13. The zero-order chi connectivity index (χ0) is 18.5. The highest BCUT2D eigenvalue weighted by atomic mass is 16.5. The second-order valence-corrected chi connectivity index (χ2v) is 6.22.